The Morgan fingerprint density at radius 3 is 2.28 bits per heavy atom. The number of carboxylic acids is 1. The number of nitrogens with one attached hydrogen (secondary N) is 1. The molecular weight excluding hydrogens is 755 g/mol. The number of carboxylic acid groups (broad SMARTS) is 1. The molecule has 0 aromatic heterocycles. The molecule has 6 aliphatic rings. The first-order valence-electron chi connectivity index (χ1n) is 24.6. The van der Waals surface area contributed by atoms with E-state index in [-0.39, 0.29) is 34.7 Å². The van der Waals surface area contributed by atoms with Crippen molar-refractivity contribution in [3.8, 4) is 0 Å². The van der Waals surface area contributed by atoms with E-state index in [4.69, 9.17) is 4.74 Å². The van der Waals surface area contributed by atoms with Crippen molar-refractivity contribution in [3.63, 3.8) is 0 Å². The van der Waals surface area contributed by atoms with E-state index >= 15 is 0 Å². The first-order valence-corrected chi connectivity index (χ1v) is 24.6. The second kappa shape index (κ2) is 16.7. The molecule has 2 aromatic carbocycles. The minimum Gasteiger partial charge on any atom is -0.481 e. The van der Waals surface area contributed by atoms with E-state index in [0.29, 0.717) is 28.6 Å². The summed E-state index contributed by atoms with van der Waals surface area (Å²) in [5.41, 5.74) is 2.77. The quantitative estimate of drug-likeness (QED) is 0.118. The molecule has 1 saturated heterocycles. The number of ether oxygens (including phenoxy) is 1. The molecule has 7 nitrogen and oxygen atoms in total. The van der Waals surface area contributed by atoms with E-state index in [1.165, 1.54) is 79.7 Å². The zero-order valence-corrected chi connectivity index (χ0v) is 39.4. The SMILES string of the molecule is C=C(C)C1CC[C@]2(CCNCCN3CCN(Cc4cccc5ccccc45)CC3)CC[C@]3(C)[C@H](CC[C@@H]4[C@@]5(C)CC[C@H](OC(=O)CC(C)(C)C(=O)O)C(C)(C)[C@@H]5CC[C@]43C)[C@@H]12. The largest absolute Gasteiger partial charge is 0.481 e. The number of esters is 1. The van der Waals surface area contributed by atoms with Gasteiger partial charge >= 0.3 is 11.9 Å². The lowest BCUT2D eigenvalue weighted by molar-refractivity contribution is -0.250. The normalized spacial score (nSPS) is 37.6. The van der Waals surface area contributed by atoms with Gasteiger partial charge in [-0.3, -0.25) is 19.4 Å². The van der Waals surface area contributed by atoms with E-state index in [1.807, 2.05) is 0 Å². The number of hydrogen-bond acceptors (Lipinski definition) is 6. The van der Waals surface area contributed by atoms with Gasteiger partial charge in [0.05, 0.1) is 11.8 Å². The molecule has 7 heteroatoms. The maximum absolute atomic E-state index is 13.2. The number of benzene rings is 2. The van der Waals surface area contributed by atoms with Gasteiger partial charge in [0.25, 0.3) is 0 Å². The minimum atomic E-state index is -1.13. The monoisotopic (exact) mass is 836 g/mol. The summed E-state index contributed by atoms with van der Waals surface area (Å²) in [5.74, 6) is 1.90. The van der Waals surface area contributed by atoms with E-state index < -0.39 is 11.4 Å². The van der Waals surface area contributed by atoms with Crippen LogP contribution in [0.25, 0.3) is 10.8 Å². The zero-order chi connectivity index (χ0) is 43.6. The van der Waals surface area contributed by atoms with Crippen LogP contribution in [0.4, 0.5) is 0 Å². The van der Waals surface area contributed by atoms with E-state index in [2.05, 4.69) is 106 Å². The summed E-state index contributed by atoms with van der Waals surface area (Å²) in [6, 6.07) is 15.5. The molecule has 2 N–H and O–H groups in total. The molecule has 0 spiro atoms. The molecule has 0 amide bonds. The molecule has 61 heavy (non-hydrogen) atoms. The second-order valence-electron chi connectivity index (χ2n) is 23.5. The summed E-state index contributed by atoms with van der Waals surface area (Å²) >= 11 is 0. The van der Waals surface area contributed by atoms with E-state index in [9.17, 15) is 14.7 Å². The van der Waals surface area contributed by atoms with E-state index in [1.54, 1.807) is 13.8 Å². The average Bonchev–Trinajstić information content (AvgIpc) is 3.60. The Labute approximate surface area is 369 Å². The average molecular weight is 836 g/mol. The van der Waals surface area contributed by atoms with Crippen LogP contribution in [-0.2, 0) is 20.9 Å². The Kier molecular flexibility index (Phi) is 12.3. The van der Waals surface area contributed by atoms with Gasteiger partial charge in [-0.2, -0.15) is 0 Å². The number of aliphatic carboxylic acids is 1. The van der Waals surface area contributed by atoms with Crippen molar-refractivity contribution >= 4 is 22.7 Å². The highest BCUT2D eigenvalue weighted by atomic mass is 16.5. The molecule has 0 radical (unpaired) electrons. The number of fused-ring (bicyclic) bond motifs is 8. The lowest BCUT2D eigenvalue weighted by Gasteiger charge is -2.73. The summed E-state index contributed by atoms with van der Waals surface area (Å²) in [7, 11) is 0. The van der Waals surface area contributed by atoms with Gasteiger partial charge in [-0.05, 0) is 166 Å². The molecule has 1 heterocycles. The smallest absolute Gasteiger partial charge is 0.309 e. The Morgan fingerprint density at radius 2 is 1.54 bits per heavy atom. The Bertz CT molecular complexity index is 1940. The maximum atomic E-state index is 13.2. The van der Waals surface area contributed by atoms with Gasteiger partial charge < -0.3 is 15.2 Å². The van der Waals surface area contributed by atoms with Gasteiger partial charge in [-0.1, -0.05) is 89.2 Å². The van der Waals surface area contributed by atoms with Crippen LogP contribution in [0.15, 0.2) is 54.6 Å². The first kappa shape index (κ1) is 44.9. The van der Waals surface area contributed by atoms with Gasteiger partial charge in [0.15, 0.2) is 0 Å². The van der Waals surface area contributed by atoms with Crippen molar-refractivity contribution in [1.82, 2.24) is 15.1 Å². The van der Waals surface area contributed by atoms with Gasteiger partial charge in [0.2, 0.25) is 0 Å². The Hall–Kier alpha value is -2.74. The highest BCUT2D eigenvalue weighted by Crippen LogP contribution is 2.78. The fraction of sp³-hybridized carbons (Fsp3) is 0.741. The molecule has 6 fully saturated rings. The molecule has 5 aliphatic carbocycles. The highest BCUT2D eigenvalue weighted by molar-refractivity contribution is 5.85. The third-order valence-corrected chi connectivity index (χ3v) is 19.8. The topological polar surface area (TPSA) is 82.1 Å². The zero-order valence-electron chi connectivity index (χ0n) is 39.4. The summed E-state index contributed by atoms with van der Waals surface area (Å²) in [5, 5.41) is 16.4. The van der Waals surface area contributed by atoms with E-state index in [0.717, 1.165) is 77.0 Å². The van der Waals surface area contributed by atoms with Crippen LogP contribution in [0.1, 0.15) is 138 Å². The minimum absolute atomic E-state index is 0.0904. The maximum Gasteiger partial charge on any atom is 0.309 e. The number of hydrogen-bond donors (Lipinski definition) is 2. The third-order valence-electron chi connectivity index (χ3n) is 19.8. The Morgan fingerprint density at radius 1 is 0.820 bits per heavy atom. The standard InChI is InChI=1S/C54H81N3O4/c1-37(2)40-19-24-54(27-28-55-29-30-56-31-33-57(34-32-56)36-39-15-12-14-38-13-10-11-16-41(38)39)26-25-52(8)42(47(40)54)17-18-44-51(7)22-21-45(61-46(58)35-49(3,4)48(59)60)50(5,6)43(51)20-23-53(44,52)9/h10-16,40,42-45,47,55H,1,17-36H2,2-9H3,(H,59,60)/t40?,42-,43+,44-,45+,47-,51+,52-,53-,54-/m1/s1. The molecule has 336 valence electrons. The molecule has 0 bridgehead atoms. The van der Waals surface area contributed by atoms with Crippen LogP contribution in [0.5, 0.6) is 0 Å². The summed E-state index contributed by atoms with van der Waals surface area (Å²) in [6.07, 6.45) is 13.4. The number of allylic oxidation sites excluding steroid dienone is 1. The van der Waals surface area contributed by atoms with Crippen LogP contribution >= 0.6 is 0 Å². The number of nitrogens with zero attached hydrogens (tertiary/aromatic N) is 2. The lowest BCUT2D eigenvalue weighted by Crippen LogP contribution is -2.66. The van der Waals surface area contributed by atoms with Crippen LogP contribution < -0.4 is 5.32 Å². The number of carbonyl (C=O) groups is 2. The van der Waals surface area contributed by atoms with Crippen molar-refractivity contribution in [2.45, 2.75) is 145 Å². The van der Waals surface area contributed by atoms with Crippen molar-refractivity contribution in [3.05, 3.63) is 60.2 Å². The molecule has 1 unspecified atom stereocenters. The van der Waals surface area contributed by atoms with Crippen LogP contribution in [-0.4, -0.2) is 78.8 Å². The predicted molar refractivity (Wildman–Crippen MR) is 248 cm³/mol. The molecule has 2 aromatic rings. The number of rotatable bonds is 13. The van der Waals surface area contributed by atoms with Crippen molar-refractivity contribution in [2.75, 3.05) is 45.8 Å². The van der Waals surface area contributed by atoms with Crippen molar-refractivity contribution < 1.29 is 19.4 Å². The predicted octanol–water partition coefficient (Wildman–Crippen LogP) is 11.0. The summed E-state index contributed by atoms with van der Waals surface area (Å²) in [6.45, 7) is 32.0. The second-order valence-corrected chi connectivity index (χ2v) is 23.5. The highest BCUT2D eigenvalue weighted by Gasteiger charge is 2.71. The molecule has 1 aliphatic heterocycles. The third kappa shape index (κ3) is 7.85. The fourth-order valence-electron chi connectivity index (χ4n) is 16.1. The molecule has 5 saturated carbocycles. The summed E-state index contributed by atoms with van der Waals surface area (Å²) in [4.78, 5) is 30.3. The summed E-state index contributed by atoms with van der Waals surface area (Å²) < 4.78 is 6.24. The van der Waals surface area contributed by atoms with Gasteiger partial charge in [0.1, 0.15) is 6.10 Å². The molecular formula is C54H81N3O4. The number of piperazine rings is 1. The van der Waals surface area contributed by atoms with Gasteiger partial charge in [-0.25, -0.2) is 0 Å². The number of carbonyl (C=O) groups excluding carboxylic acids is 1. The molecule has 8 rings (SSSR count). The van der Waals surface area contributed by atoms with Gasteiger partial charge in [-0.15, -0.1) is 0 Å². The lowest BCUT2D eigenvalue weighted by atomic mass is 9.32. The van der Waals surface area contributed by atoms with Crippen molar-refractivity contribution in [2.24, 2.45) is 62.1 Å². The van der Waals surface area contributed by atoms with Crippen molar-refractivity contribution in [1.29, 1.82) is 0 Å². The molecule has 10 atom stereocenters. The first-order chi connectivity index (χ1) is 28.8. The van der Waals surface area contributed by atoms with Crippen LogP contribution in [0.3, 0.4) is 0 Å². The van der Waals surface area contributed by atoms with Gasteiger partial charge in [0, 0.05) is 51.2 Å². The van der Waals surface area contributed by atoms with Crippen LogP contribution in [0.2, 0.25) is 0 Å². The Balaban J connectivity index is 0.881. The van der Waals surface area contributed by atoms with Crippen LogP contribution in [0, 0.1) is 62.1 Å². The fourth-order valence-corrected chi connectivity index (χ4v) is 16.1.